The van der Waals surface area contributed by atoms with E-state index in [1.165, 1.54) is 12.8 Å². The van der Waals surface area contributed by atoms with Crippen LogP contribution in [0.1, 0.15) is 32.1 Å². The second-order valence-electron chi connectivity index (χ2n) is 4.36. The molecule has 16 heavy (non-hydrogen) atoms. The van der Waals surface area contributed by atoms with Gasteiger partial charge in [0.2, 0.25) is 0 Å². The second-order valence-corrected chi connectivity index (χ2v) is 5.67. The zero-order valence-corrected chi connectivity index (χ0v) is 10.1. The first-order valence-electron chi connectivity index (χ1n) is 5.89. The van der Waals surface area contributed by atoms with Crippen LogP contribution in [-0.4, -0.2) is 21.6 Å². The molecule has 0 heterocycles. The molecule has 1 aromatic carbocycles. The standard InChI is InChI=1S/C13H18O2S/c14-10-6-8-11(9-7-10)16-13-5-3-1-2-4-12(13)15/h6-9,12-15H,1-5H2. The molecule has 3 heteroatoms. The first kappa shape index (κ1) is 11.8. The van der Waals surface area contributed by atoms with Crippen LogP contribution in [0.5, 0.6) is 5.75 Å². The van der Waals surface area contributed by atoms with E-state index in [1.54, 1.807) is 23.9 Å². The summed E-state index contributed by atoms with van der Waals surface area (Å²) in [5.41, 5.74) is 0. The van der Waals surface area contributed by atoms with E-state index in [0.717, 1.165) is 24.2 Å². The highest BCUT2D eigenvalue weighted by atomic mass is 32.2. The number of aromatic hydroxyl groups is 1. The third-order valence-electron chi connectivity index (χ3n) is 3.04. The van der Waals surface area contributed by atoms with Gasteiger partial charge in [0.25, 0.3) is 0 Å². The maximum Gasteiger partial charge on any atom is 0.115 e. The molecule has 0 aliphatic heterocycles. The van der Waals surface area contributed by atoms with Gasteiger partial charge in [-0.25, -0.2) is 0 Å². The Morgan fingerprint density at radius 3 is 2.44 bits per heavy atom. The first-order chi connectivity index (χ1) is 7.75. The van der Waals surface area contributed by atoms with Gasteiger partial charge in [-0.1, -0.05) is 19.3 Å². The lowest BCUT2D eigenvalue weighted by Crippen LogP contribution is -2.21. The number of hydrogen-bond acceptors (Lipinski definition) is 3. The van der Waals surface area contributed by atoms with E-state index in [9.17, 15) is 10.2 Å². The summed E-state index contributed by atoms with van der Waals surface area (Å²) < 4.78 is 0. The fourth-order valence-corrected chi connectivity index (χ4v) is 3.31. The lowest BCUT2D eigenvalue weighted by Gasteiger charge is -2.19. The Balaban J connectivity index is 1.99. The van der Waals surface area contributed by atoms with Crippen LogP contribution >= 0.6 is 11.8 Å². The summed E-state index contributed by atoms with van der Waals surface area (Å²) in [5, 5.41) is 19.5. The monoisotopic (exact) mass is 238 g/mol. The topological polar surface area (TPSA) is 40.5 Å². The Kier molecular flexibility index (Phi) is 4.13. The fraction of sp³-hybridized carbons (Fsp3) is 0.538. The lowest BCUT2D eigenvalue weighted by molar-refractivity contribution is 0.163. The summed E-state index contributed by atoms with van der Waals surface area (Å²) in [6.07, 6.45) is 5.44. The summed E-state index contributed by atoms with van der Waals surface area (Å²) in [5.74, 6) is 0.297. The Morgan fingerprint density at radius 2 is 1.69 bits per heavy atom. The highest BCUT2D eigenvalue weighted by molar-refractivity contribution is 8.00. The predicted octanol–water partition coefficient (Wildman–Crippen LogP) is 3.18. The molecule has 2 unspecified atom stereocenters. The number of thioether (sulfide) groups is 1. The zero-order valence-electron chi connectivity index (χ0n) is 9.30. The van der Waals surface area contributed by atoms with E-state index in [2.05, 4.69) is 0 Å². The summed E-state index contributed by atoms with van der Waals surface area (Å²) in [6.45, 7) is 0. The molecule has 0 aromatic heterocycles. The number of aliphatic hydroxyl groups is 1. The van der Waals surface area contributed by atoms with E-state index in [0.29, 0.717) is 11.0 Å². The van der Waals surface area contributed by atoms with Crippen molar-refractivity contribution >= 4 is 11.8 Å². The van der Waals surface area contributed by atoms with Crippen molar-refractivity contribution in [2.45, 2.75) is 48.4 Å². The molecule has 0 saturated heterocycles. The normalized spacial score (nSPS) is 26.3. The van der Waals surface area contributed by atoms with Gasteiger partial charge in [0, 0.05) is 10.1 Å². The maximum atomic E-state index is 9.99. The van der Waals surface area contributed by atoms with Gasteiger partial charge in [0.15, 0.2) is 0 Å². The van der Waals surface area contributed by atoms with Crippen molar-refractivity contribution in [2.75, 3.05) is 0 Å². The van der Waals surface area contributed by atoms with Crippen molar-refractivity contribution in [3.63, 3.8) is 0 Å². The van der Waals surface area contributed by atoms with Crippen LogP contribution < -0.4 is 0 Å². The maximum absolute atomic E-state index is 9.99. The molecule has 1 aliphatic carbocycles. The first-order valence-corrected chi connectivity index (χ1v) is 6.77. The molecular weight excluding hydrogens is 220 g/mol. The van der Waals surface area contributed by atoms with Gasteiger partial charge in [0.1, 0.15) is 5.75 Å². The Bertz CT molecular complexity index is 323. The van der Waals surface area contributed by atoms with E-state index >= 15 is 0 Å². The van der Waals surface area contributed by atoms with Crippen molar-refractivity contribution in [1.29, 1.82) is 0 Å². The predicted molar refractivity (Wildman–Crippen MR) is 66.8 cm³/mol. The van der Waals surface area contributed by atoms with Crippen molar-refractivity contribution in [3.05, 3.63) is 24.3 Å². The van der Waals surface area contributed by atoms with Crippen LogP contribution in [0.15, 0.2) is 29.2 Å². The molecule has 1 aromatic rings. The van der Waals surface area contributed by atoms with Crippen molar-refractivity contribution < 1.29 is 10.2 Å². The largest absolute Gasteiger partial charge is 0.508 e. The molecular formula is C13H18O2S. The summed E-state index contributed by atoms with van der Waals surface area (Å²) in [4.78, 5) is 1.13. The highest BCUT2D eigenvalue weighted by Gasteiger charge is 2.22. The number of phenols is 1. The van der Waals surface area contributed by atoms with Crippen molar-refractivity contribution in [1.82, 2.24) is 0 Å². The zero-order chi connectivity index (χ0) is 11.4. The Labute approximate surface area is 101 Å². The van der Waals surface area contributed by atoms with Gasteiger partial charge >= 0.3 is 0 Å². The molecule has 2 nitrogen and oxygen atoms in total. The van der Waals surface area contributed by atoms with Crippen LogP contribution in [0.4, 0.5) is 0 Å². The lowest BCUT2D eigenvalue weighted by atomic mass is 10.1. The van der Waals surface area contributed by atoms with E-state index in [1.807, 2.05) is 12.1 Å². The molecule has 0 radical (unpaired) electrons. The van der Waals surface area contributed by atoms with Gasteiger partial charge < -0.3 is 10.2 Å². The molecule has 2 atom stereocenters. The van der Waals surface area contributed by atoms with Crippen LogP contribution in [0.2, 0.25) is 0 Å². The summed E-state index contributed by atoms with van der Waals surface area (Å²) in [6, 6.07) is 7.23. The summed E-state index contributed by atoms with van der Waals surface area (Å²) in [7, 11) is 0. The smallest absolute Gasteiger partial charge is 0.115 e. The Hall–Kier alpha value is -0.670. The molecule has 1 saturated carbocycles. The number of phenolic OH excluding ortho intramolecular Hbond substituents is 1. The minimum Gasteiger partial charge on any atom is -0.508 e. The molecule has 2 N–H and O–H groups in total. The molecule has 1 fully saturated rings. The van der Waals surface area contributed by atoms with Crippen LogP contribution in [0.3, 0.4) is 0 Å². The minimum absolute atomic E-state index is 0.179. The van der Waals surface area contributed by atoms with E-state index in [-0.39, 0.29) is 6.10 Å². The van der Waals surface area contributed by atoms with Crippen molar-refractivity contribution in [2.24, 2.45) is 0 Å². The Morgan fingerprint density at radius 1 is 1.00 bits per heavy atom. The number of aliphatic hydroxyl groups excluding tert-OH is 1. The number of hydrogen-bond donors (Lipinski definition) is 2. The summed E-state index contributed by atoms with van der Waals surface area (Å²) >= 11 is 1.73. The third-order valence-corrected chi connectivity index (χ3v) is 4.44. The van der Waals surface area contributed by atoms with E-state index in [4.69, 9.17) is 0 Å². The van der Waals surface area contributed by atoms with Crippen LogP contribution in [0, 0.1) is 0 Å². The molecule has 1 aliphatic rings. The molecule has 0 bridgehead atoms. The quantitative estimate of drug-likeness (QED) is 0.777. The molecule has 2 rings (SSSR count). The van der Waals surface area contributed by atoms with Crippen LogP contribution in [-0.2, 0) is 0 Å². The average Bonchev–Trinajstić information content (AvgIpc) is 2.48. The number of rotatable bonds is 2. The highest BCUT2D eigenvalue weighted by Crippen LogP contribution is 2.33. The molecule has 88 valence electrons. The van der Waals surface area contributed by atoms with Gasteiger partial charge in [-0.2, -0.15) is 0 Å². The fourth-order valence-electron chi connectivity index (χ4n) is 2.09. The van der Waals surface area contributed by atoms with E-state index < -0.39 is 0 Å². The number of benzene rings is 1. The van der Waals surface area contributed by atoms with Crippen LogP contribution in [0.25, 0.3) is 0 Å². The third kappa shape index (κ3) is 3.16. The van der Waals surface area contributed by atoms with Gasteiger partial charge in [-0.05, 0) is 37.1 Å². The molecule has 0 spiro atoms. The molecule has 0 amide bonds. The van der Waals surface area contributed by atoms with Crippen molar-refractivity contribution in [3.8, 4) is 5.75 Å². The van der Waals surface area contributed by atoms with Gasteiger partial charge in [-0.3, -0.25) is 0 Å². The van der Waals surface area contributed by atoms with Gasteiger partial charge in [-0.15, -0.1) is 11.8 Å². The average molecular weight is 238 g/mol. The van der Waals surface area contributed by atoms with Gasteiger partial charge in [0.05, 0.1) is 6.10 Å². The second kappa shape index (κ2) is 5.60. The minimum atomic E-state index is -0.179. The SMILES string of the molecule is Oc1ccc(SC2CCCCCC2O)cc1.